The van der Waals surface area contributed by atoms with Gasteiger partial charge in [-0.15, -0.1) is 10.2 Å². The Labute approximate surface area is 181 Å². The zero-order valence-electron chi connectivity index (χ0n) is 18.5. The Balaban J connectivity index is 1.17. The molecule has 2 saturated carbocycles. The van der Waals surface area contributed by atoms with Crippen molar-refractivity contribution >= 4 is 12.1 Å². The van der Waals surface area contributed by atoms with Crippen LogP contribution < -0.4 is 5.32 Å². The third kappa shape index (κ3) is 3.54. The van der Waals surface area contributed by atoms with Crippen LogP contribution in [0.15, 0.2) is 4.42 Å². The summed E-state index contributed by atoms with van der Waals surface area (Å²) in [7, 11) is 0. The number of piperidine rings is 1. The lowest BCUT2D eigenvalue weighted by atomic mass is 9.78. The Kier molecular flexibility index (Phi) is 4.52. The fourth-order valence-corrected chi connectivity index (χ4v) is 5.60. The molecule has 2 aliphatic carbocycles. The Morgan fingerprint density at radius 1 is 1.32 bits per heavy atom. The second kappa shape index (κ2) is 6.82. The molecule has 4 fully saturated rings. The molecule has 10 heteroatoms. The van der Waals surface area contributed by atoms with Crippen LogP contribution in [0.4, 0.5) is 9.59 Å². The number of urea groups is 1. The molecule has 2 bridgehead atoms. The van der Waals surface area contributed by atoms with Crippen LogP contribution in [-0.4, -0.2) is 61.7 Å². The van der Waals surface area contributed by atoms with Gasteiger partial charge in [0.1, 0.15) is 11.6 Å². The number of amides is 3. The smallest absolute Gasteiger partial charge is 0.407 e. The number of alkyl carbamates (subject to hydrolysis) is 1. The van der Waals surface area contributed by atoms with Crippen LogP contribution in [0.5, 0.6) is 0 Å². The van der Waals surface area contributed by atoms with Gasteiger partial charge in [-0.2, -0.15) is 0 Å². The van der Waals surface area contributed by atoms with Crippen molar-refractivity contribution in [3.63, 3.8) is 0 Å². The summed E-state index contributed by atoms with van der Waals surface area (Å²) in [4.78, 5) is 26.0. The van der Waals surface area contributed by atoms with E-state index < -0.39 is 5.60 Å². The summed E-state index contributed by atoms with van der Waals surface area (Å²) in [6, 6.07) is -0.694. The Hall–Kier alpha value is -2.36. The number of rotatable bonds is 4. The molecule has 1 unspecified atom stereocenters. The average Bonchev–Trinajstić information content (AvgIpc) is 2.99. The standard InChI is InChI=1S/C21H31N5O5/c1-11-8-21(11)9-14(25-10-15(21)26(29)19(25)28)17-24-23-16(30-17)7-12-5-13(6-12)22-18(27)31-20(2,3)4/h11-15,29H,5-10H2,1-4H3,(H,22,27)/t11-,12?,13?,14+,15-,21?/m1/s1. The summed E-state index contributed by atoms with van der Waals surface area (Å²) in [6.07, 6.45) is 3.69. The van der Waals surface area contributed by atoms with Crippen LogP contribution in [0.1, 0.15) is 71.2 Å². The van der Waals surface area contributed by atoms with Gasteiger partial charge in [-0.1, -0.05) is 6.92 Å². The fourth-order valence-electron chi connectivity index (χ4n) is 5.60. The lowest BCUT2D eigenvalue weighted by molar-refractivity contribution is -0.0807. The minimum atomic E-state index is -0.507. The first-order valence-corrected chi connectivity index (χ1v) is 11.2. The molecule has 4 aliphatic rings. The number of ether oxygens (including phenoxy) is 1. The maximum Gasteiger partial charge on any atom is 0.407 e. The normalized spacial score (nSPS) is 36.5. The molecule has 31 heavy (non-hydrogen) atoms. The van der Waals surface area contributed by atoms with E-state index in [1.807, 2.05) is 20.8 Å². The van der Waals surface area contributed by atoms with Gasteiger partial charge in [-0.05, 0) is 58.3 Å². The molecule has 4 atom stereocenters. The van der Waals surface area contributed by atoms with Crippen LogP contribution in [0.3, 0.4) is 0 Å². The SMILES string of the molecule is C[C@@H]1CC12C[C@@H](c1nnc(CC3CC(NC(=O)OC(C)(C)C)C3)o1)N1C[C@H]2N(O)C1=O. The molecule has 0 aromatic carbocycles. The molecule has 2 aliphatic heterocycles. The molecule has 170 valence electrons. The van der Waals surface area contributed by atoms with Gasteiger partial charge in [0.05, 0.1) is 6.04 Å². The highest BCUT2D eigenvalue weighted by atomic mass is 16.6. The van der Waals surface area contributed by atoms with E-state index >= 15 is 0 Å². The first kappa shape index (κ1) is 20.5. The molecule has 3 amide bonds. The van der Waals surface area contributed by atoms with E-state index in [1.165, 1.54) is 0 Å². The molecule has 5 rings (SSSR count). The minimum Gasteiger partial charge on any atom is -0.444 e. The average molecular weight is 434 g/mol. The maximum atomic E-state index is 12.5. The summed E-state index contributed by atoms with van der Waals surface area (Å²) in [5.41, 5.74) is -0.557. The van der Waals surface area contributed by atoms with Gasteiger partial charge in [0.25, 0.3) is 0 Å². The van der Waals surface area contributed by atoms with Crippen molar-refractivity contribution in [3.8, 4) is 0 Å². The molecule has 10 nitrogen and oxygen atoms in total. The first-order chi connectivity index (χ1) is 14.6. The summed E-state index contributed by atoms with van der Waals surface area (Å²) in [5.74, 6) is 1.84. The number of carbonyl (C=O) groups excluding carboxylic acids is 2. The van der Waals surface area contributed by atoms with Crippen molar-refractivity contribution in [2.24, 2.45) is 17.3 Å². The monoisotopic (exact) mass is 433 g/mol. The number of aromatic nitrogens is 2. The molecule has 2 N–H and O–H groups in total. The largest absolute Gasteiger partial charge is 0.444 e. The predicted octanol–water partition coefficient (Wildman–Crippen LogP) is 2.88. The van der Waals surface area contributed by atoms with Crippen molar-refractivity contribution in [2.75, 3.05) is 6.54 Å². The van der Waals surface area contributed by atoms with E-state index in [0.29, 0.717) is 36.6 Å². The van der Waals surface area contributed by atoms with Crippen molar-refractivity contribution in [3.05, 3.63) is 11.8 Å². The predicted molar refractivity (Wildman–Crippen MR) is 107 cm³/mol. The second-order valence-electron chi connectivity index (χ2n) is 10.8. The van der Waals surface area contributed by atoms with Gasteiger partial charge in [0.2, 0.25) is 11.8 Å². The first-order valence-electron chi connectivity index (χ1n) is 11.2. The van der Waals surface area contributed by atoms with Crippen molar-refractivity contribution < 1.29 is 24.0 Å². The molecule has 1 aromatic rings. The zero-order chi connectivity index (χ0) is 22.1. The second-order valence-corrected chi connectivity index (χ2v) is 10.8. The number of fused-ring (bicyclic) bond motifs is 3. The molecule has 1 aromatic heterocycles. The topological polar surface area (TPSA) is 121 Å². The van der Waals surface area contributed by atoms with Crippen molar-refractivity contribution in [1.29, 1.82) is 0 Å². The number of hydrogen-bond donors (Lipinski definition) is 2. The van der Waals surface area contributed by atoms with E-state index in [0.717, 1.165) is 30.7 Å². The number of hydrogen-bond acceptors (Lipinski definition) is 7. The van der Waals surface area contributed by atoms with Crippen LogP contribution in [-0.2, 0) is 11.2 Å². The van der Waals surface area contributed by atoms with E-state index in [4.69, 9.17) is 9.15 Å². The van der Waals surface area contributed by atoms with Crippen LogP contribution >= 0.6 is 0 Å². The fraction of sp³-hybridized carbons (Fsp3) is 0.810. The van der Waals surface area contributed by atoms with E-state index in [2.05, 4.69) is 22.4 Å². The Morgan fingerprint density at radius 3 is 2.68 bits per heavy atom. The molecule has 2 saturated heterocycles. The third-order valence-electron chi connectivity index (χ3n) is 7.41. The van der Waals surface area contributed by atoms with E-state index in [1.54, 1.807) is 4.90 Å². The highest BCUT2D eigenvalue weighted by molar-refractivity contribution is 5.77. The molecule has 3 heterocycles. The highest BCUT2D eigenvalue weighted by Crippen LogP contribution is 2.65. The van der Waals surface area contributed by atoms with Crippen LogP contribution in [0, 0.1) is 17.3 Å². The summed E-state index contributed by atoms with van der Waals surface area (Å²) >= 11 is 0. The van der Waals surface area contributed by atoms with Crippen molar-refractivity contribution in [2.45, 2.75) is 83.5 Å². The lowest BCUT2D eigenvalue weighted by Gasteiger charge is -2.35. The van der Waals surface area contributed by atoms with Crippen LogP contribution in [0.2, 0.25) is 0 Å². The van der Waals surface area contributed by atoms with Crippen molar-refractivity contribution in [1.82, 2.24) is 25.5 Å². The number of nitrogens with one attached hydrogen (secondary N) is 1. The van der Waals surface area contributed by atoms with Gasteiger partial charge < -0.3 is 19.4 Å². The molecule has 0 radical (unpaired) electrons. The number of nitrogens with zero attached hydrogens (tertiary/aromatic N) is 4. The molecular weight excluding hydrogens is 402 g/mol. The van der Waals surface area contributed by atoms with Gasteiger partial charge in [0, 0.05) is 24.4 Å². The summed E-state index contributed by atoms with van der Waals surface area (Å²) in [5, 5.41) is 22.5. The zero-order valence-corrected chi connectivity index (χ0v) is 18.5. The quantitative estimate of drug-likeness (QED) is 0.700. The van der Waals surface area contributed by atoms with Gasteiger partial charge in [-0.3, -0.25) is 5.21 Å². The van der Waals surface area contributed by atoms with E-state index in [-0.39, 0.29) is 35.7 Å². The van der Waals surface area contributed by atoms with Gasteiger partial charge in [-0.25, -0.2) is 14.7 Å². The van der Waals surface area contributed by atoms with Gasteiger partial charge in [0.15, 0.2) is 0 Å². The Morgan fingerprint density at radius 2 is 2.03 bits per heavy atom. The highest BCUT2D eigenvalue weighted by Gasteiger charge is 2.67. The summed E-state index contributed by atoms with van der Waals surface area (Å²) in [6.45, 7) is 8.20. The maximum absolute atomic E-state index is 12.5. The molecule has 1 spiro atoms. The van der Waals surface area contributed by atoms with Gasteiger partial charge >= 0.3 is 12.1 Å². The number of carbonyl (C=O) groups is 2. The summed E-state index contributed by atoms with van der Waals surface area (Å²) < 4.78 is 11.3. The van der Waals surface area contributed by atoms with Crippen LogP contribution in [0.25, 0.3) is 0 Å². The lowest BCUT2D eigenvalue weighted by Crippen LogP contribution is -2.46. The Bertz CT molecular complexity index is 891. The van der Waals surface area contributed by atoms with E-state index in [9.17, 15) is 14.8 Å². The molecular formula is C21H31N5O5. The number of hydroxylamine groups is 2. The third-order valence-corrected chi connectivity index (χ3v) is 7.41. The minimum absolute atomic E-state index is 0.0504.